The molecule has 1 heterocycles. The first-order valence-corrected chi connectivity index (χ1v) is 8.94. The fourth-order valence-electron chi connectivity index (χ4n) is 3.44. The Morgan fingerprint density at radius 1 is 1.07 bits per heavy atom. The van der Waals surface area contributed by atoms with E-state index in [1.54, 1.807) is 12.1 Å². The van der Waals surface area contributed by atoms with Gasteiger partial charge in [-0.05, 0) is 36.6 Å². The molecule has 2 aromatic rings. The summed E-state index contributed by atoms with van der Waals surface area (Å²) in [5, 5.41) is 0. The fraction of sp³-hybridized carbons (Fsp3) is 0.400. The van der Waals surface area contributed by atoms with Gasteiger partial charge in [-0.15, -0.1) is 0 Å². The second kappa shape index (κ2) is 8.06. The number of hydrogen-bond donors (Lipinski definition) is 0. The van der Waals surface area contributed by atoms with Crippen molar-refractivity contribution in [3.8, 4) is 0 Å². The van der Waals surface area contributed by atoms with Gasteiger partial charge in [0.25, 0.3) is 0 Å². The topological polar surface area (TPSA) is 33.2 Å². The Balaban J connectivity index is 1.83. The quantitative estimate of drug-likeness (QED) is 0.669. The minimum atomic E-state index is -5.10. The maximum atomic E-state index is 14.0. The largest absolute Gasteiger partial charge is 0.471 e. The molecule has 1 aliphatic rings. The summed E-state index contributed by atoms with van der Waals surface area (Å²) in [6.07, 6.45) is 2.00. The van der Waals surface area contributed by atoms with Crippen LogP contribution in [0.15, 0.2) is 42.6 Å². The molecule has 0 saturated heterocycles. The van der Waals surface area contributed by atoms with Crippen molar-refractivity contribution in [1.82, 2.24) is 4.98 Å². The van der Waals surface area contributed by atoms with Gasteiger partial charge < -0.3 is 0 Å². The molecule has 1 aromatic heterocycles. The number of halogens is 4. The maximum absolute atomic E-state index is 14.0. The minimum Gasteiger partial charge on any atom is -0.297 e. The van der Waals surface area contributed by atoms with Gasteiger partial charge >= 0.3 is 12.1 Å². The number of carbonyl (C=O) groups excluding carboxylic acids is 1. The Bertz CT molecular complexity index is 783. The van der Waals surface area contributed by atoms with Crippen LogP contribution in [0.25, 0.3) is 0 Å². The van der Waals surface area contributed by atoms with Gasteiger partial charge in [0.05, 0.1) is 12.2 Å². The molecule has 0 N–H and O–H groups in total. The van der Waals surface area contributed by atoms with Crippen LogP contribution in [-0.4, -0.2) is 17.1 Å². The van der Waals surface area contributed by atoms with Crippen LogP contribution in [-0.2, 0) is 11.3 Å². The van der Waals surface area contributed by atoms with Crippen molar-refractivity contribution < 1.29 is 22.4 Å². The number of rotatable bonds is 4. The van der Waals surface area contributed by atoms with E-state index < -0.39 is 30.1 Å². The van der Waals surface area contributed by atoms with Crippen molar-refractivity contribution in [2.45, 2.75) is 50.7 Å². The van der Waals surface area contributed by atoms with Gasteiger partial charge in [0, 0.05) is 17.8 Å². The predicted octanol–water partition coefficient (Wildman–Crippen LogP) is 5.36. The van der Waals surface area contributed by atoms with Crippen LogP contribution < -0.4 is 4.90 Å². The normalized spacial score (nSPS) is 15.6. The van der Waals surface area contributed by atoms with E-state index in [9.17, 15) is 22.4 Å². The van der Waals surface area contributed by atoms with E-state index in [4.69, 9.17) is 0 Å². The van der Waals surface area contributed by atoms with Gasteiger partial charge in [0.15, 0.2) is 0 Å². The third-order valence-electron chi connectivity index (χ3n) is 4.84. The molecule has 0 atom stereocenters. The molecule has 0 spiro atoms. The van der Waals surface area contributed by atoms with Crippen molar-refractivity contribution in [2.24, 2.45) is 0 Å². The van der Waals surface area contributed by atoms with Crippen LogP contribution >= 0.6 is 0 Å². The highest BCUT2D eigenvalue weighted by Crippen LogP contribution is 2.32. The van der Waals surface area contributed by atoms with Crippen LogP contribution in [0.1, 0.15) is 49.3 Å². The van der Waals surface area contributed by atoms with Gasteiger partial charge in [-0.3, -0.25) is 14.7 Å². The predicted molar refractivity (Wildman–Crippen MR) is 93.7 cm³/mol. The molecule has 3 nitrogen and oxygen atoms in total. The summed E-state index contributed by atoms with van der Waals surface area (Å²) in [7, 11) is 0. The second-order valence-electron chi connectivity index (χ2n) is 6.77. The third-order valence-corrected chi connectivity index (χ3v) is 4.84. The average Bonchev–Trinajstić information content (AvgIpc) is 2.67. The monoisotopic (exact) mass is 380 g/mol. The van der Waals surface area contributed by atoms with E-state index in [0.29, 0.717) is 16.4 Å². The number of carbonyl (C=O) groups is 1. The van der Waals surface area contributed by atoms with Crippen molar-refractivity contribution in [3.05, 3.63) is 59.7 Å². The smallest absolute Gasteiger partial charge is 0.297 e. The Hall–Kier alpha value is -2.44. The summed E-state index contributed by atoms with van der Waals surface area (Å²) in [6, 6.07) is 8.38. The maximum Gasteiger partial charge on any atom is 0.471 e. The molecule has 0 unspecified atom stereocenters. The lowest BCUT2D eigenvalue weighted by atomic mass is 9.86. The first-order valence-electron chi connectivity index (χ1n) is 8.94. The second-order valence-corrected chi connectivity index (χ2v) is 6.77. The highest BCUT2D eigenvalue weighted by molar-refractivity contribution is 5.97. The van der Waals surface area contributed by atoms with Crippen LogP contribution in [0.5, 0.6) is 0 Å². The molecule has 27 heavy (non-hydrogen) atoms. The summed E-state index contributed by atoms with van der Waals surface area (Å²) in [4.78, 5) is 16.6. The van der Waals surface area contributed by atoms with Crippen molar-refractivity contribution in [2.75, 3.05) is 4.90 Å². The zero-order valence-corrected chi connectivity index (χ0v) is 14.7. The van der Waals surface area contributed by atoms with E-state index >= 15 is 0 Å². The number of para-hydroxylation sites is 1. The fourth-order valence-corrected chi connectivity index (χ4v) is 3.44. The minimum absolute atomic E-state index is 0.368. The lowest BCUT2D eigenvalue weighted by Gasteiger charge is -2.25. The zero-order valence-electron chi connectivity index (χ0n) is 14.7. The summed E-state index contributed by atoms with van der Waals surface area (Å²) < 4.78 is 53.0. The summed E-state index contributed by atoms with van der Waals surface area (Å²) in [5.41, 5.74) is 0.921. The molecule has 1 amide bonds. The van der Waals surface area contributed by atoms with E-state index in [1.165, 1.54) is 24.8 Å². The Kier molecular flexibility index (Phi) is 5.77. The average molecular weight is 380 g/mol. The first-order chi connectivity index (χ1) is 12.9. The SMILES string of the molecule is O=C(N(Cc1ccc(C2CCCCC2)nc1)c1ccccc1F)C(F)(F)F. The molecular formula is C20H20F4N2O. The number of hydrogen-bond acceptors (Lipinski definition) is 2. The number of amides is 1. The molecule has 1 aliphatic carbocycles. The number of aromatic nitrogens is 1. The Morgan fingerprint density at radius 3 is 2.37 bits per heavy atom. The number of anilines is 1. The van der Waals surface area contributed by atoms with Gasteiger partial charge in [-0.1, -0.05) is 37.5 Å². The number of pyridine rings is 1. The molecular weight excluding hydrogens is 360 g/mol. The molecule has 3 rings (SSSR count). The van der Waals surface area contributed by atoms with Crippen molar-refractivity contribution >= 4 is 11.6 Å². The van der Waals surface area contributed by atoms with Gasteiger partial charge in [0.1, 0.15) is 5.82 Å². The lowest BCUT2D eigenvalue weighted by Crippen LogP contribution is -2.41. The Labute approximate surface area is 155 Å². The van der Waals surface area contributed by atoms with Crippen LogP contribution in [0.2, 0.25) is 0 Å². The van der Waals surface area contributed by atoms with Crippen LogP contribution in [0.4, 0.5) is 23.2 Å². The zero-order chi connectivity index (χ0) is 19.4. The molecule has 144 valence electrons. The molecule has 1 aromatic carbocycles. The summed E-state index contributed by atoms with van der Waals surface area (Å²) in [5.74, 6) is -2.63. The van der Waals surface area contributed by atoms with Crippen LogP contribution in [0.3, 0.4) is 0 Å². The molecule has 7 heteroatoms. The first kappa shape index (κ1) is 19.3. The highest BCUT2D eigenvalue weighted by atomic mass is 19.4. The molecule has 0 aliphatic heterocycles. The third kappa shape index (κ3) is 4.64. The number of benzene rings is 1. The van der Waals surface area contributed by atoms with Gasteiger partial charge in [-0.25, -0.2) is 4.39 Å². The van der Waals surface area contributed by atoms with E-state index in [2.05, 4.69) is 4.98 Å². The van der Waals surface area contributed by atoms with E-state index in [-0.39, 0.29) is 0 Å². The number of nitrogens with zero attached hydrogens (tertiary/aromatic N) is 2. The molecule has 1 saturated carbocycles. The standard InChI is InChI=1S/C20H20F4N2O/c21-16-8-4-5-9-18(16)26(19(27)20(22,23)24)13-14-10-11-17(25-12-14)15-6-2-1-3-7-15/h4-5,8-12,15H,1-3,6-7,13H2. The summed E-state index contributed by atoms with van der Waals surface area (Å²) >= 11 is 0. The lowest BCUT2D eigenvalue weighted by molar-refractivity contribution is -0.170. The summed E-state index contributed by atoms with van der Waals surface area (Å²) in [6.45, 7) is -0.406. The Morgan fingerprint density at radius 2 is 1.78 bits per heavy atom. The van der Waals surface area contributed by atoms with E-state index in [1.807, 2.05) is 0 Å². The molecule has 0 bridgehead atoms. The van der Waals surface area contributed by atoms with E-state index in [0.717, 1.165) is 43.5 Å². The van der Waals surface area contributed by atoms with Gasteiger partial charge in [0.2, 0.25) is 0 Å². The van der Waals surface area contributed by atoms with Gasteiger partial charge in [-0.2, -0.15) is 13.2 Å². The molecule has 1 fully saturated rings. The van der Waals surface area contributed by atoms with Crippen molar-refractivity contribution in [1.29, 1.82) is 0 Å². The molecule has 0 radical (unpaired) electrons. The highest BCUT2D eigenvalue weighted by Gasteiger charge is 2.43. The van der Waals surface area contributed by atoms with Crippen molar-refractivity contribution in [3.63, 3.8) is 0 Å². The number of alkyl halides is 3. The van der Waals surface area contributed by atoms with Crippen LogP contribution in [0, 0.1) is 5.82 Å².